The third-order valence-corrected chi connectivity index (χ3v) is 4.72. The van der Waals surface area contributed by atoms with Crippen molar-refractivity contribution in [3.8, 4) is 0 Å². The first-order valence-corrected chi connectivity index (χ1v) is 8.47. The first-order valence-electron chi connectivity index (χ1n) is 7.24. The molecule has 112 valence electrons. The van der Waals surface area contributed by atoms with Crippen LogP contribution in [0.3, 0.4) is 0 Å². The highest BCUT2D eigenvalue weighted by atomic mass is 32.2. The molecule has 0 aliphatic carbocycles. The summed E-state index contributed by atoms with van der Waals surface area (Å²) in [5.74, 6) is 0.120. The quantitative estimate of drug-likeness (QED) is 0.453. The molecule has 2 aromatic heterocycles. The van der Waals surface area contributed by atoms with Crippen LogP contribution in [0.1, 0.15) is 21.6 Å². The van der Waals surface area contributed by atoms with E-state index in [4.69, 9.17) is 0 Å². The van der Waals surface area contributed by atoms with Crippen molar-refractivity contribution in [3.63, 3.8) is 0 Å². The van der Waals surface area contributed by atoms with Crippen LogP contribution < -0.4 is 4.57 Å². The molecular weight excluding hydrogens is 292 g/mol. The fraction of sp³-hybridized carbons (Fsp3) is 0.222. The zero-order valence-electron chi connectivity index (χ0n) is 13.0. The zero-order valence-corrected chi connectivity index (χ0v) is 13.8. The summed E-state index contributed by atoms with van der Waals surface area (Å²) in [5, 5.41) is 1.19. The first-order chi connectivity index (χ1) is 10.6. The molecule has 3 nitrogen and oxygen atoms in total. The molecule has 0 atom stereocenters. The van der Waals surface area contributed by atoms with Gasteiger partial charge in [0.05, 0.1) is 5.39 Å². The Bertz CT molecular complexity index is 837. The number of nitrogens with one attached hydrogen (secondary N) is 1. The van der Waals surface area contributed by atoms with Gasteiger partial charge in [0.15, 0.2) is 6.54 Å². The summed E-state index contributed by atoms with van der Waals surface area (Å²) >= 11 is 1.69. The smallest absolute Gasteiger partial charge is 0.287 e. The van der Waals surface area contributed by atoms with Gasteiger partial charge in [-0.3, -0.25) is 4.79 Å². The second-order valence-electron chi connectivity index (χ2n) is 5.43. The SMILES string of the molecule is CSc1cc2c(C)c(C)[nH]c2[n+](CC(=O)c2ccccc2)c1. The van der Waals surface area contributed by atoms with Gasteiger partial charge in [0, 0.05) is 16.0 Å². The number of hydrogen-bond donors (Lipinski definition) is 1. The molecule has 22 heavy (non-hydrogen) atoms. The summed E-state index contributed by atoms with van der Waals surface area (Å²) < 4.78 is 2.02. The minimum atomic E-state index is 0.120. The number of thioether (sulfide) groups is 1. The van der Waals surface area contributed by atoms with Crippen LogP contribution in [0.25, 0.3) is 11.0 Å². The van der Waals surface area contributed by atoms with E-state index in [1.54, 1.807) is 11.8 Å². The third-order valence-electron chi connectivity index (χ3n) is 4.03. The maximum absolute atomic E-state index is 12.5. The highest BCUT2D eigenvalue weighted by Gasteiger charge is 2.19. The molecule has 0 saturated heterocycles. The minimum absolute atomic E-state index is 0.120. The van der Waals surface area contributed by atoms with Crippen LogP contribution in [-0.4, -0.2) is 17.0 Å². The average molecular weight is 311 g/mol. The summed E-state index contributed by atoms with van der Waals surface area (Å²) in [4.78, 5) is 17.1. The molecule has 4 heteroatoms. The number of pyridine rings is 1. The predicted molar refractivity (Wildman–Crippen MR) is 90.5 cm³/mol. The van der Waals surface area contributed by atoms with Gasteiger partial charge in [-0.05, 0) is 26.2 Å². The van der Waals surface area contributed by atoms with E-state index in [2.05, 4.69) is 31.2 Å². The van der Waals surface area contributed by atoms with Crippen molar-refractivity contribution >= 4 is 28.6 Å². The number of carbonyl (C=O) groups excluding carboxylic acids is 1. The van der Waals surface area contributed by atoms with Crippen LogP contribution in [0, 0.1) is 13.8 Å². The number of rotatable bonds is 4. The number of carbonyl (C=O) groups is 1. The largest absolute Gasteiger partial charge is 0.290 e. The lowest BCUT2D eigenvalue weighted by Crippen LogP contribution is -2.39. The van der Waals surface area contributed by atoms with Crippen molar-refractivity contribution in [2.24, 2.45) is 0 Å². The Hall–Kier alpha value is -2.07. The van der Waals surface area contributed by atoms with Crippen LogP contribution in [0.2, 0.25) is 0 Å². The molecule has 2 heterocycles. The Labute approximate surface area is 134 Å². The predicted octanol–water partition coefficient (Wildman–Crippen LogP) is 3.68. The number of H-pyrrole nitrogens is 1. The van der Waals surface area contributed by atoms with Crippen LogP contribution in [0.4, 0.5) is 0 Å². The molecular formula is C18H19N2OS+. The Balaban J connectivity index is 2.06. The van der Waals surface area contributed by atoms with E-state index in [-0.39, 0.29) is 5.78 Å². The van der Waals surface area contributed by atoms with Crippen LogP contribution in [-0.2, 0) is 6.54 Å². The average Bonchev–Trinajstić information content (AvgIpc) is 2.83. The number of nitrogens with zero attached hydrogens (tertiary/aromatic N) is 1. The van der Waals surface area contributed by atoms with Gasteiger partial charge in [0.2, 0.25) is 5.78 Å². The van der Waals surface area contributed by atoms with E-state index >= 15 is 0 Å². The molecule has 0 aliphatic rings. The Morgan fingerprint density at radius 3 is 2.64 bits per heavy atom. The second-order valence-corrected chi connectivity index (χ2v) is 6.31. The maximum Gasteiger partial charge on any atom is 0.287 e. The van der Waals surface area contributed by atoms with E-state index in [0.29, 0.717) is 6.54 Å². The molecule has 0 spiro atoms. The van der Waals surface area contributed by atoms with Gasteiger partial charge in [0.1, 0.15) is 11.9 Å². The molecule has 0 saturated carbocycles. The zero-order chi connectivity index (χ0) is 15.7. The first kappa shape index (κ1) is 14.9. The number of Topliss-reactive ketones (excluding diaryl/α,β-unsaturated/α-hetero) is 1. The molecule has 0 radical (unpaired) electrons. The number of benzene rings is 1. The van der Waals surface area contributed by atoms with Crippen molar-refractivity contribution in [3.05, 3.63) is 59.4 Å². The van der Waals surface area contributed by atoms with Crippen molar-refractivity contribution < 1.29 is 9.36 Å². The van der Waals surface area contributed by atoms with Crippen LogP contribution in [0.15, 0.2) is 47.5 Å². The summed E-state index contributed by atoms with van der Waals surface area (Å²) in [7, 11) is 0. The molecule has 3 rings (SSSR count). The number of aromatic amines is 1. The van der Waals surface area contributed by atoms with E-state index in [1.165, 1.54) is 10.9 Å². The normalized spacial score (nSPS) is 11.0. The van der Waals surface area contributed by atoms with Crippen molar-refractivity contribution in [2.45, 2.75) is 25.3 Å². The van der Waals surface area contributed by atoms with E-state index < -0.39 is 0 Å². The molecule has 3 aromatic rings. The van der Waals surface area contributed by atoms with E-state index in [1.807, 2.05) is 41.1 Å². The lowest BCUT2D eigenvalue weighted by Gasteiger charge is -2.04. The Morgan fingerprint density at radius 2 is 1.95 bits per heavy atom. The summed E-state index contributed by atoms with van der Waals surface area (Å²) in [5.41, 5.74) is 4.15. The maximum atomic E-state index is 12.5. The highest BCUT2D eigenvalue weighted by molar-refractivity contribution is 7.98. The number of aryl methyl sites for hydroxylation is 2. The topological polar surface area (TPSA) is 36.7 Å². The van der Waals surface area contributed by atoms with E-state index in [0.717, 1.165) is 21.8 Å². The van der Waals surface area contributed by atoms with Crippen LogP contribution >= 0.6 is 11.8 Å². The van der Waals surface area contributed by atoms with Gasteiger partial charge >= 0.3 is 0 Å². The van der Waals surface area contributed by atoms with Gasteiger partial charge in [0.25, 0.3) is 5.65 Å². The Kier molecular flexibility index (Phi) is 4.03. The highest BCUT2D eigenvalue weighted by Crippen LogP contribution is 2.23. The third kappa shape index (κ3) is 2.66. The number of fused-ring (bicyclic) bond motifs is 1. The second kappa shape index (κ2) is 5.97. The summed E-state index contributed by atoms with van der Waals surface area (Å²) in [6, 6.07) is 11.6. The fourth-order valence-corrected chi connectivity index (χ4v) is 3.09. The molecule has 0 bridgehead atoms. The number of aromatic nitrogens is 2. The van der Waals surface area contributed by atoms with Crippen molar-refractivity contribution in [1.29, 1.82) is 0 Å². The summed E-state index contributed by atoms with van der Waals surface area (Å²) in [6.07, 6.45) is 4.10. The van der Waals surface area contributed by atoms with Gasteiger partial charge < -0.3 is 0 Å². The lowest BCUT2D eigenvalue weighted by atomic mass is 10.1. The number of hydrogen-bond acceptors (Lipinski definition) is 2. The van der Waals surface area contributed by atoms with Crippen molar-refractivity contribution in [2.75, 3.05) is 6.26 Å². The minimum Gasteiger partial charge on any atom is -0.290 e. The van der Waals surface area contributed by atoms with Gasteiger partial charge in [-0.2, -0.15) is 0 Å². The molecule has 0 aliphatic heterocycles. The lowest BCUT2D eigenvalue weighted by molar-refractivity contribution is -0.660. The monoisotopic (exact) mass is 311 g/mol. The fourth-order valence-electron chi connectivity index (χ4n) is 2.63. The van der Waals surface area contributed by atoms with Crippen molar-refractivity contribution in [1.82, 2.24) is 4.98 Å². The summed E-state index contributed by atoms with van der Waals surface area (Å²) in [6.45, 7) is 4.52. The van der Waals surface area contributed by atoms with Crippen LogP contribution in [0.5, 0.6) is 0 Å². The molecule has 0 unspecified atom stereocenters. The van der Waals surface area contributed by atoms with Gasteiger partial charge in [-0.25, -0.2) is 9.55 Å². The standard InChI is InChI=1S/C18H18N2OS/c1-12-13(2)19-18-16(12)9-15(22-3)10-20(18)11-17(21)14-7-5-4-6-8-14/h4-10H,11H2,1-3H3/p+1. The van der Waals surface area contributed by atoms with E-state index in [9.17, 15) is 4.79 Å². The number of ketones is 1. The van der Waals surface area contributed by atoms with Gasteiger partial charge in [-0.15, -0.1) is 11.8 Å². The Morgan fingerprint density at radius 1 is 1.23 bits per heavy atom. The molecule has 0 amide bonds. The molecule has 1 aromatic carbocycles. The van der Waals surface area contributed by atoms with Gasteiger partial charge in [-0.1, -0.05) is 30.3 Å². The molecule has 1 N–H and O–H groups in total. The molecule has 0 fully saturated rings.